The summed E-state index contributed by atoms with van der Waals surface area (Å²) in [4.78, 5) is 0. The molecule has 4 heteroatoms. The van der Waals surface area contributed by atoms with Crippen LogP contribution in [0.15, 0.2) is 6.33 Å². The third-order valence-corrected chi connectivity index (χ3v) is 3.31. The predicted octanol–water partition coefficient (Wildman–Crippen LogP) is 2.63. The van der Waals surface area contributed by atoms with E-state index in [0.29, 0.717) is 5.92 Å². The first-order valence-electron chi connectivity index (χ1n) is 7.24. The van der Waals surface area contributed by atoms with E-state index in [-0.39, 0.29) is 0 Å². The highest BCUT2D eigenvalue weighted by Gasteiger charge is 2.11. The van der Waals surface area contributed by atoms with Gasteiger partial charge < -0.3 is 10.3 Å². The monoisotopic (exact) mass is 252 g/mol. The number of hydrogen-bond donors (Lipinski definition) is 1. The molecular formula is C14H28N4. The Hall–Kier alpha value is -0.900. The number of nitrogens with zero attached hydrogens (tertiary/aromatic N) is 3. The molecule has 2 N–H and O–H groups in total. The van der Waals surface area contributed by atoms with Crippen molar-refractivity contribution >= 4 is 0 Å². The summed E-state index contributed by atoms with van der Waals surface area (Å²) >= 11 is 0. The fraction of sp³-hybridized carbons (Fsp3) is 0.857. The smallest absolute Gasteiger partial charge is 0.132 e. The third kappa shape index (κ3) is 5.17. The van der Waals surface area contributed by atoms with Crippen LogP contribution in [0.25, 0.3) is 0 Å². The highest BCUT2D eigenvalue weighted by atomic mass is 15.3. The normalized spacial score (nSPS) is 13.2. The number of aromatic nitrogens is 3. The quantitative estimate of drug-likeness (QED) is 0.735. The fourth-order valence-corrected chi connectivity index (χ4v) is 2.43. The van der Waals surface area contributed by atoms with Crippen LogP contribution in [0.2, 0.25) is 0 Å². The van der Waals surface area contributed by atoms with E-state index >= 15 is 0 Å². The van der Waals surface area contributed by atoms with Crippen LogP contribution in [0.3, 0.4) is 0 Å². The topological polar surface area (TPSA) is 56.7 Å². The molecule has 1 unspecified atom stereocenters. The molecule has 0 aliphatic heterocycles. The SMILES string of the molecule is CCCC(CCN)CCc1nncn1CC(C)C. The van der Waals surface area contributed by atoms with E-state index in [9.17, 15) is 0 Å². The molecule has 0 bridgehead atoms. The van der Waals surface area contributed by atoms with Crippen molar-refractivity contribution in [2.75, 3.05) is 6.54 Å². The average Bonchev–Trinajstić information content (AvgIpc) is 2.73. The molecule has 0 saturated carbocycles. The molecule has 4 nitrogen and oxygen atoms in total. The van der Waals surface area contributed by atoms with Crippen LogP contribution >= 0.6 is 0 Å². The predicted molar refractivity (Wildman–Crippen MR) is 75.3 cm³/mol. The fourth-order valence-electron chi connectivity index (χ4n) is 2.43. The van der Waals surface area contributed by atoms with Crippen LogP contribution in [-0.4, -0.2) is 21.3 Å². The number of hydrogen-bond acceptors (Lipinski definition) is 3. The summed E-state index contributed by atoms with van der Waals surface area (Å²) in [5.41, 5.74) is 5.67. The lowest BCUT2D eigenvalue weighted by Gasteiger charge is -2.15. The third-order valence-electron chi connectivity index (χ3n) is 3.31. The van der Waals surface area contributed by atoms with Crippen molar-refractivity contribution in [1.29, 1.82) is 0 Å². The van der Waals surface area contributed by atoms with E-state index < -0.39 is 0 Å². The average molecular weight is 252 g/mol. The van der Waals surface area contributed by atoms with E-state index in [0.717, 1.165) is 37.7 Å². The molecule has 1 atom stereocenters. The van der Waals surface area contributed by atoms with Crippen molar-refractivity contribution in [2.45, 2.75) is 59.4 Å². The minimum atomic E-state index is 0.634. The first-order chi connectivity index (χ1) is 8.67. The summed E-state index contributed by atoms with van der Waals surface area (Å²) in [6.07, 6.45) is 7.71. The van der Waals surface area contributed by atoms with E-state index in [4.69, 9.17) is 5.73 Å². The molecular weight excluding hydrogens is 224 g/mol. The first kappa shape index (κ1) is 15.2. The first-order valence-corrected chi connectivity index (χ1v) is 7.24. The molecule has 0 spiro atoms. The second kappa shape index (κ2) is 8.25. The zero-order valence-electron chi connectivity index (χ0n) is 12.1. The minimum absolute atomic E-state index is 0.634. The number of nitrogens with two attached hydrogens (primary N) is 1. The van der Waals surface area contributed by atoms with Gasteiger partial charge >= 0.3 is 0 Å². The van der Waals surface area contributed by atoms with E-state index in [1.54, 1.807) is 0 Å². The van der Waals surface area contributed by atoms with Gasteiger partial charge in [0.15, 0.2) is 0 Å². The Morgan fingerprint density at radius 3 is 2.67 bits per heavy atom. The van der Waals surface area contributed by atoms with Crippen LogP contribution in [0.1, 0.15) is 52.3 Å². The molecule has 104 valence electrons. The number of aryl methyl sites for hydroxylation is 1. The van der Waals surface area contributed by atoms with Gasteiger partial charge in [0.05, 0.1) is 0 Å². The zero-order valence-corrected chi connectivity index (χ0v) is 12.1. The Balaban J connectivity index is 2.48. The van der Waals surface area contributed by atoms with E-state index in [1.807, 2.05) is 6.33 Å². The molecule has 0 aromatic carbocycles. The van der Waals surface area contributed by atoms with Crippen LogP contribution in [-0.2, 0) is 13.0 Å². The van der Waals surface area contributed by atoms with Gasteiger partial charge in [0.25, 0.3) is 0 Å². The highest BCUT2D eigenvalue weighted by molar-refractivity contribution is 4.87. The Bertz CT molecular complexity index is 313. The maximum absolute atomic E-state index is 5.67. The zero-order chi connectivity index (χ0) is 13.4. The molecule has 18 heavy (non-hydrogen) atoms. The van der Waals surface area contributed by atoms with Crippen molar-refractivity contribution in [3.63, 3.8) is 0 Å². The van der Waals surface area contributed by atoms with Gasteiger partial charge in [-0.1, -0.05) is 33.6 Å². The van der Waals surface area contributed by atoms with Crippen molar-refractivity contribution < 1.29 is 0 Å². The molecule has 0 fully saturated rings. The van der Waals surface area contributed by atoms with Gasteiger partial charge in [-0.3, -0.25) is 0 Å². The number of rotatable bonds is 9. The Labute approximate surface area is 111 Å². The van der Waals surface area contributed by atoms with Gasteiger partial charge in [0.2, 0.25) is 0 Å². The lowest BCUT2D eigenvalue weighted by Crippen LogP contribution is -2.12. The van der Waals surface area contributed by atoms with Gasteiger partial charge in [-0.15, -0.1) is 10.2 Å². The second-order valence-electron chi connectivity index (χ2n) is 5.56. The van der Waals surface area contributed by atoms with E-state index in [1.165, 1.54) is 19.3 Å². The summed E-state index contributed by atoms with van der Waals surface area (Å²) in [5, 5.41) is 8.28. The molecule has 1 heterocycles. The molecule has 1 aromatic heterocycles. The molecule has 0 amide bonds. The summed E-state index contributed by atoms with van der Waals surface area (Å²) in [6, 6.07) is 0. The van der Waals surface area contributed by atoms with Gasteiger partial charge in [0.1, 0.15) is 12.2 Å². The van der Waals surface area contributed by atoms with Crippen LogP contribution in [0, 0.1) is 11.8 Å². The van der Waals surface area contributed by atoms with Crippen LogP contribution < -0.4 is 5.73 Å². The van der Waals surface area contributed by atoms with Gasteiger partial charge in [-0.2, -0.15) is 0 Å². The largest absolute Gasteiger partial charge is 0.330 e. The molecule has 0 radical (unpaired) electrons. The van der Waals surface area contributed by atoms with Gasteiger partial charge in [-0.25, -0.2) is 0 Å². The lowest BCUT2D eigenvalue weighted by atomic mass is 9.94. The maximum atomic E-state index is 5.67. The Morgan fingerprint density at radius 1 is 1.28 bits per heavy atom. The summed E-state index contributed by atoms with van der Waals surface area (Å²) in [6.45, 7) is 8.49. The van der Waals surface area contributed by atoms with Crippen molar-refractivity contribution in [1.82, 2.24) is 14.8 Å². The Kier molecular flexibility index (Phi) is 6.94. The van der Waals surface area contributed by atoms with E-state index in [2.05, 4.69) is 35.5 Å². The lowest BCUT2D eigenvalue weighted by molar-refractivity contribution is 0.410. The molecule has 0 aliphatic rings. The standard InChI is InChI=1S/C14H28N4/c1-4-5-13(8-9-15)6-7-14-17-16-11-18(14)10-12(2)3/h11-13H,4-10,15H2,1-3H3. The van der Waals surface area contributed by atoms with Gasteiger partial charge in [-0.05, 0) is 31.2 Å². The maximum Gasteiger partial charge on any atom is 0.132 e. The minimum Gasteiger partial charge on any atom is -0.330 e. The van der Waals surface area contributed by atoms with Crippen molar-refractivity contribution in [3.8, 4) is 0 Å². The van der Waals surface area contributed by atoms with Crippen LogP contribution in [0.4, 0.5) is 0 Å². The Morgan fingerprint density at radius 2 is 2.06 bits per heavy atom. The van der Waals surface area contributed by atoms with Gasteiger partial charge in [0, 0.05) is 13.0 Å². The van der Waals surface area contributed by atoms with Crippen LogP contribution in [0.5, 0.6) is 0 Å². The molecule has 0 saturated heterocycles. The second-order valence-corrected chi connectivity index (χ2v) is 5.56. The summed E-state index contributed by atoms with van der Waals surface area (Å²) < 4.78 is 2.19. The highest BCUT2D eigenvalue weighted by Crippen LogP contribution is 2.17. The van der Waals surface area contributed by atoms with Crippen molar-refractivity contribution in [2.24, 2.45) is 17.6 Å². The van der Waals surface area contributed by atoms with Crippen molar-refractivity contribution in [3.05, 3.63) is 12.2 Å². The molecule has 0 aliphatic carbocycles. The summed E-state index contributed by atoms with van der Waals surface area (Å²) in [7, 11) is 0. The molecule has 1 aromatic rings. The summed E-state index contributed by atoms with van der Waals surface area (Å²) in [5.74, 6) is 2.50. The molecule has 1 rings (SSSR count).